The van der Waals surface area contributed by atoms with E-state index in [1.165, 1.54) is 4.90 Å². The molecule has 2 saturated heterocycles. The van der Waals surface area contributed by atoms with Crippen LogP contribution in [-0.2, 0) is 30.5 Å². The molecule has 41 heavy (non-hydrogen) atoms. The Kier molecular flexibility index (Phi) is 8.14. The van der Waals surface area contributed by atoms with Crippen LogP contribution in [0.4, 0.5) is 9.59 Å². The molecule has 0 bridgehead atoms. The number of carbonyl (C=O) groups is 3. The zero-order chi connectivity index (χ0) is 29.4. The van der Waals surface area contributed by atoms with Gasteiger partial charge in [0.15, 0.2) is 9.84 Å². The van der Waals surface area contributed by atoms with Gasteiger partial charge in [0.05, 0.1) is 22.1 Å². The molecule has 2 aromatic carbocycles. The van der Waals surface area contributed by atoms with Crippen molar-refractivity contribution < 1.29 is 32.3 Å². The van der Waals surface area contributed by atoms with Crippen molar-refractivity contribution in [3.05, 3.63) is 65.7 Å². The smallest absolute Gasteiger partial charge is 0.417 e. The first-order valence-corrected chi connectivity index (χ1v) is 15.8. The quantitative estimate of drug-likeness (QED) is 0.433. The zero-order valence-electron chi connectivity index (χ0n) is 23.8. The summed E-state index contributed by atoms with van der Waals surface area (Å²) in [5.74, 6) is -1.08. The normalized spacial score (nSPS) is 22.0. The number of amides is 3. The Morgan fingerprint density at radius 1 is 1.02 bits per heavy atom. The van der Waals surface area contributed by atoms with Crippen LogP contribution < -0.4 is 0 Å². The van der Waals surface area contributed by atoms with Gasteiger partial charge in [-0.1, -0.05) is 42.5 Å². The van der Waals surface area contributed by atoms with Crippen LogP contribution in [0.15, 0.2) is 59.5 Å². The lowest BCUT2D eigenvalue weighted by atomic mass is 9.86. The lowest BCUT2D eigenvalue weighted by molar-refractivity contribution is -0.131. The second-order valence-corrected chi connectivity index (χ2v) is 14.5. The van der Waals surface area contributed by atoms with Crippen molar-refractivity contribution in [1.82, 2.24) is 9.80 Å². The van der Waals surface area contributed by atoms with Crippen molar-refractivity contribution in [3.63, 3.8) is 0 Å². The molecule has 5 rings (SSSR count). The van der Waals surface area contributed by atoms with Gasteiger partial charge in [0.1, 0.15) is 12.2 Å². The molecule has 3 atom stereocenters. The third kappa shape index (κ3) is 6.74. The molecular formula is C31H38N2O7S. The van der Waals surface area contributed by atoms with Gasteiger partial charge in [-0.15, -0.1) is 0 Å². The van der Waals surface area contributed by atoms with Crippen LogP contribution in [0, 0.1) is 5.92 Å². The lowest BCUT2D eigenvalue weighted by Crippen LogP contribution is -2.43. The summed E-state index contributed by atoms with van der Waals surface area (Å²) in [6.07, 6.45) is 1.84. The van der Waals surface area contributed by atoms with E-state index < -0.39 is 33.5 Å². The second-order valence-electron chi connectivity index (χ2n) is 12.3. The molecule has 3 unspecified atom stereocenters. The average Bonchev–Trinajstić information content (AvgIpc) is 3.59. The van der Waals surface area contributed by atoms with Gasteiger partial charge < -0.3 is 14.4 Å². The number of ether oxygens (including phenoxy) is 2. The van der Waals surface area contributed by atoms with E-state index in [0.29, 0.717) is 50.8 Å². The molecule has 2 aliphatic heterocycles. The Morgan fingerprint density at radius 3 is 2.34 bits per heavy atom. The maximum absolute atomic E-state index is 14.1. The van der Waals surface area contributed by atoms with Crippen molar-refractivity contribution in [2.75, 3.05) is 19.7 Å². The fourth-order valence-corrected chi connectivity index (χ4v) is 7.28. The number of rotatable bonds is 8. The Hall–Kier alpha value is -3.40. The van der Waals surface area contributed by atoms with E-state index in [1.54, 1.807) is 29.2 Å². The van der Waals surface area contributed by atoms with E-state index in [4.69, 9.17) is 9.47 Å². The topological polar surface area (TPSA) is 110 Å². The highest BCUT2D eigenvalue weighted by Crippen LogP contribution is 2.36. The Labute approximate surface area is 241 Å². The number of sulfone groups is 1. The first kappa shape index (κ1) is 29.1. The summed E-state index contributed by atoms with van der Waals surface area (Å²) in [5.41, 5.74) is 1.02. The highest BCUT2D eigenvalue weighted by atomic mass is 32.2. The third-order valence-electron chi connectivity index (χ3n) is 7.89. The minimum Gasteiger partial charge on any atom is -0.447 e. The molecule has 10 heteroatoms. The monoisotopic (exact) mass is 582 g/mol. The van der Waals surface area contributed by atoms with E-state index in [1.807, 2.05) is 51.1 Å². The minimum absolute atomic E-state index is 0.00228. The van der Waals surface area contributed by atoms with Crippen LogP contribution in [0.5, 0.6) is 0 Å². The summed E-state index contributed by atoms with van der Waals surface area (Å²) in [4.78, 5) is 42.8. The average molecular weight is 583 g/mol. The SMILES string of the molecule is CC(C)(C)OC(=O)N1CCC(CC(C(=O)N2C(=O)OCC2Cc2ccccc2)c2ccc(S(=O)(=O)C3CC3)cc2)C1. The van der Waals surface area contributed by atoms with Gasteiger partial charge in [0.25, 0.3) is 0 Å². The van der Waals surface area contributed by atoms with Gasteiger partial charge in [0, 0.05) is 13.1 Å². The van der Waals surface area contributed by atoms with Crippen molar-refractivity contribution >= 4 is 27.9 Å². The number of hydrogen-bond acceptors (Lipinski definition) is 7. The summed E-state index contributed by atoms with van der Waals surface area (Å²) in [5, 5.41) is -0.332. The largest absolute Gasteiger partial charge is 0.447 e. The van der Waals surface area contributed by atoms with E-state index in [9.17, 15) is 22.8 Å². The zero-order valence-corrected chi connectivity index (χ0v) is 24.6. The number of nitrogens with zero attached hydrogens (tertiary/aromatic N) is 2. The highest BCUT2D eigenvalue weighted by molar-refractivity contribution is 7.92. The standard InChI is InChI=1S/C31H38N2O7S/c1-31(2,3)40-29(35)32-16-15-22(19-32)18-27(23-9-11-25(12-10-23)41(37,38)26-13-14-26)28(34)33-24(20-39-30(33)36)17-21-7-5-4-6-8-21/h4-12,22,24,26-27H,13-20H2,1-3H3. The molecule has 9 nitrogen and oxygen atoms in total. The Bertz CT molecular complexity index is 1380. The molecule has 0 aromatic heterocycles. The lowest BCUT2D eigenvalue weighted by Gasteiger charge is -2.27. The molecule has 2 heterocycles. The first-order chi connectivity index (χ1) is 19.4. The van der Waals surface area contributed by atoms with E-state index >= 15 is 0 Å². The number of carbonyl (C=O) groups excluding carboxylic acids is 3. The maximum atomic E-state index is 14.1. The van der Waals surface area contributed by atoms with Gasteiger partial charge in [-0.05, 0) is 82.1 Å². The van der Waals surface area contributed by atoms with Crippen molar-refractivity contribution in [1.29, 1.82) is 0 Å². The number of cyclic esters (lactones) is 1. The van der Waals surface area contributed by atoms with Crippen LogP contribution in [0.25, 0.3) is 0 Å². The van der Waals surface area contributed by atoms with Crippen molar-refractivity contribution in [2.45, 2.75) is 80.6 Å². The molecule has 0 spiro atoms. The predicted molar refractivity (Wildman–Crippen MR) is 152 cm³/mol. The van der Waals surface area contributed by atoms with Gasteiger partial charge in [0.2, 0.25) is 5.91 Å². The van der Waals surface area contributed by atoms with Crippen LogP contribution in [0.1, 0.15) is 63.5 Å². The highest BCUT2D eigenvalue weighted by Gasteiger charge is 2.43. The molecule has 3 fully saturated rings. The van der Waals surface area contributed by atoms with E-state index in [0.717, 1.165) is 5.56 Å². The van der Waals surface area contributed by atoms with E-state index in [-0.39, 0.29) is 34.7 Å². The van der Waals surface area contributed by atoms with Gasteiger partial charge in [-0.3, -0.25) is 4.79 Å². The Morgan fingerprint density at radius 2 is 1.71 bits per heavy atom. The summed E-state index contributed by atoms with van der Waals surface area (Å²) < 4.78 is 36.4. The Balaban J connectivity index is 1.39. The molecule has 1 aliphatic carbocycles. The molecular weight excluding hydrogens is 544 g/mol. The first-order valence-electron chi connectivity index (χ1n) is 14.3. The summed E-state index contributed by atoms with van der Waals surface area (Å²) in [6, 6.07) is 15.7. The number of benzene rings is 2. The fourth-order valence-electron chi connectivity index (χ4n) is 5.63. The molecule has 3 aliphatic rings. The molecule has 220 valence electrons. The number of imide groups is 1. The summed E-state index contributed by atoms with van der Waals surface area (Å²) >= 11 is 0. The fraction of sp³-hybridized carbons (Fsp3) is 0.516. The maximum Gasteiger partial charge on any atom is 0.417 e. The number of hydrogen-bond donors (Lipinski definition) is 0. The minimum atomic E-state index is -3.38. The van der Waals surface area contributed by atoms with Crippen LogP contribution >= 0.6 is 0 Å². The summed E-state index contributed by atoms with van der Waals surface area (Å²) in [7, 11) is -3.38. The molecule has 2 aromatic rings. The van der Waals surface area contributed by atoms with Gasteiger partial charge in [-0.2, -0.15) is 0 Å². The molecule has 1 saturated carbocycles. The van der Waals surface area contributed by atoms with Crippen LogP contribution in [0.3, 0.4) is 0 Å². The number of likely N-dealkylation sites (tertiary alicyclic amines) is 1. The molecule has 0 radical (unpaired) electrons. The molecule has 0 N–H and O–H groups in total. The summed E-state index contributed by atoms with van der Waals surface area (Å²) in [6.45, 7) is 6.52. The van der Waals surface area contributed by atoms with E-state index in [2.05, 4.69) is 0 Å². The molecule has 3 amide bonds. The van der Waals surface area contributed by atoms with Gasteiger partial charge in [-0.25, -0.2) is 22.9 Å². The second kappa shape index (κ2) is 11.5. The predicted octanol–water partition coefficient (Wildman–Crippen LogP) is 4.94. The van der Waals surface area contributed by atoms with Crippen molar-refractivity contribution in [3.8, 4) is 0 Å². The van der Waals surface area contributed by atoms with Gasteiger partial charge >= 0.3 is 12.2 Å². The van der Waals surface area contributed by atoms with Crippen LogP contribution in [-0.4, -0.2) is 72.9 Å². The van der Waals surface area contributed by atoms with Crippen molar-refractivity contribution in [2.24, 2.45) is 5.92 Å². The third-order valence-corrected chi connectivity index (χ3v) is 10.2. The van der Waals surface area contributed by atoms with Crippen LogP contribution in [0.2, 0.25) is 0 Å².